The lowest BCUT2D eigenvalue weighted by Crippen LogP contribution is -2.48. The largest absolute Gasteiger partial charge is 0.368 e. The lowest BCUT2D eigenvalue weighted by Gasteiger charge is -2.35. The molecule has 2 aromatic rings. The van der Waals surface area contributed by atoms with Crippen LogP contribution in [0.25, 0.3) is 0 Å². The van der Waals surface area contributed by atoms with E-state index in [1.165, 1.54) is 30.0 Å². The molecule has 2 aliphatic rings. The van der Waals surface area contributed by atoms with Gasteiger partial charge in [-0.1, -0.05) is 23.9 Å². The van der Waals surface area contributed by atoms with Gasteiger partial charge < -0.3 is 15.1 Å². The minimum atomic E-state index is -0.425. The standard InChI is InChI=1S/C20H18N4O4S/c25-19(13-18-20(26)21-16-3-1-2-4-17(16)29-18)23-11-9-22(10-12-23)14-5-7-15(8-6-14)24(27)28/h1-8,13H,9-12H2,(H,21,26). The summed E-state index contributed by atoms with van der Waals surface area (Å²) in [7, 11) is 0. The van der Waals surface area contributed by atoms with Crippen LogP contribution >= 0.6 is 11.8 Å². The fourth-order valence-electron chi connectivity index (χ4n) is 3.28. The van der Waals surface area contributed by atoms with Gasteiger partial charge in [0.2, 0.25) is 5.91 Å². The molecule has 2 aliphatic heterocycles. The van der Waals surface area contributed by atoms with E-state index in [1.807, 2.05) is 24.3 Å². The summed E-state index contributed by atoms with van der Waals surface area (Å²) in [6, 6.07) is 13.9. The average molecular weight is 410 g/mol. The van der Waals surface area contributed by atoms with Crippen LogP contribution in [-0.4, -0.2) is 47.8 Å². The molecule has 2 aromatic carbocycles. The maximum atomic E-state index is 12.6. The van der Waals surface area contributed by atoms with Crippen molar-refractivity contribution in [3.63, 3.8) is 0 Å². The highest BCUT2D eigenvalue weighted by Crippen LogP contribution is 2.37. The maximum Gasteiger partial charge on any atom is 0.269 e. The van der Waals surface area contributed by atoms with Gasteiger partial charge in [0.15, 0.2) is 0 Å². The molecule has 1 saturated heterocycles. The minimum absolute atomic E-state index is 0.0546. The third-order valence-corrected chi connectivity index (χ3v) is 5.95. The average Bonchev–Trinajstić information content (AvgIpc) is 2.74. The highest BCUT2D eigenvalue weighted by atomic mass is 32.2. The highest BCUT2D eigenvalue weighted by molar-refractivity contribution is 8.04. The summed E-state index contributed by atoms with van der Waals surface area (Å²) in [5.74, 6) is -0.461. The van der Waals surface area contributed by atoms with Crippen molar-refractivity contribution in [2.24, 2.45) is 0 Å². The summed E-state index contributed by atoms with van der Waals surface area (Å²) < 4.78 is 0. The molecule has 8 nitrogen and oxygen atoms in total. The van der Waals surface area contributed by atoms with Crippen LogP contribution in [-0.2, 0) is 9.59 Å². The molecule has 0 aromatic heterocycles. The Morgan fingerprint density at radius 2 is 1.76 bits per heavy atom. The Balaban J connectivity index is 1.38. The number of carbonyl (C=O) groups is 2. The highest BCUT2D eigenvalue weighted by Gasteiger charge is 2.25. The fraction of sp³-hybridized carbons (Fsp3) is 0.200. The second-order valence-corrected chi connectivity index (χ2v) is 7.73. The predicted molar refractivity (Wildman–Crippen MR) is 111 cm³/mol. The van der Waals surface area contributed by atoms with Gasteiger partial charge in [-0.05, 0) is 24.3 Å². The summed E-state index contributed by atoms with van der Waals surface area (Å²) in [4.78, 5) is 40.3. The predicted octanol–water partition coefficient (Wildman–Crippen LogP) is 2.87. The first-order valence-corrected chi connectivity index (χ1v) is 9.91. The quantitative estimate of drug-likeness (QED) is 0.475. The number of anilines is 2. The Bertz CT molecular complexity index is 998. The van der Waals surface area contributed by atoms with Gasteiger partial charge in [0.25, 0.3) is 11.6 Å². The molecule has 4 rings (SSSR count). The van der Waals surface area contributed by atoms with Crippen LogP contribution in [0.4, 0.5) is 17.1 Å². The second-order valence-electron chi connectivity index (χ2n) is 6.65. The van der Waals surface area contributed by atoms with Crippen molar-refractivity contribution in [3.05, 3.63) is 69.6 Å². The molecule has 0 bridgehead atoms. The van der Waals surface area contributed by atoms with Gasteiger partial charge in [0.1, 0.15) is 0 Å². The van der Waals surface area contributed by atoms with E-state index in [2.05, 4.69) is 10.2 Å². The SMILES string of the molecule is O=C1Nc2ccccc2SC1=CC(=O)N1CCN(c2ccc([N+](=O)[O-])cc2)CC1. The van der Waals surface area contributed by atoms with E-state index in [9.17, 15) is 19.7 Å². The van der Waals surface area contributed by atoms with Gasteiger partial charge in [-0.25, -0.2) is 0 Å². The second kappa shape index (κ2) is 7.96. The minimum Gasteiger partial charge on any atom is -0.368 e. The summed E-state index contributed by atoms with van der Waals surface area (Å²) in [6.07, 6.45) is 1.40. The summed E-state index contributed by atoms with van der Waals surface area (Å²) in [5, 5.41) is 13.6. The number of carbonyl (C=O) groups excluding carboxylic acids is 2. The maximum absolute atomic E-state index is 12.6. The number of nitro benzene ring substituents is 1. The number of fused-ring (bicyclic) bond motifs is 1. The number of non-ortho nitro benzene ring substituents is 1. The van der Waals surface area contributed by atoms with Gasteiger partial charge in [0.05, 0.1) is 15.5 Å². The van der Waals surface area contributed by atoms with E-state index in [0.29, 0.717) is 31.1 Å². The first-order valence-electron chi connectivity index (χ1n) is 9.09. The molecule has 1 N–H and O–H groups in total. The van der Waals surface area contributed by atoms with Crippen LogP contribution in [0.2, 0.25) is 0 Å². The zero-order valence-electron chi connectivity index (χ0n) is 15.4. The van der Waals surface area contributed by atoms with Gasteiger partial charge in [0, 0.05) is 55.0 Å². The Kier molecular flexibility index (Phi) is 5.22. The molecule has 0 saturated carbocycles. The van der Waals surface area contributed by atoms with Crippen LogP contribution in [0.5, 0.6) is 0 Å². The van der Waals surface area contributed by atoms with Crippen molar-refractivity contribution in [1.29, 1.82) is 0 Å². The van der Waals surface area contributed by atoms with Gasteiger partial charge in [-0.3, -0.25) is 19.7 Å². The monoisotopic (exact) mass is 410 g/mol. The molecule has 9 heteroatoms. The number of thioether (sulfide) groups is 1. The van der Waals surface area contributed by atoms with Crippen molar-refractivity contribution in [3.8, 4) is 0 Å². The number of nitrogens with one attached hydrogen (secondary N) is 1. The number of amides is 2. The first kappa shape index (κ1) is 19.0. The van der Waals surface area contributed by atoms with E-state index < -0.39 is 4.92 Å². The molecular formula is C20H18N4O4S. The molecule has 2 amide bonds. The van der Waals surface area contributed by atoms with E-state index in [0.717, 1.165) is 16.3 Å². The summed E-state index contributed by atoms with van der Waals surface area (Å²) in [6.45, 7) is 2.27. The molecule has 1 fully saturated rings. The molecule has 0 spiro atoms. The van der Waals surface area contributed by atoms with E-state index >= 15 is 0 Å². The summed E-state index contributed by atoms with van der Waals surface area (Å²) >= 11 is 1.29. The number of para-hydroxylation sites is 1. The number of rotatable bonds is 3. The molecule has 148 valence electrons. The fourth-order valence-corrected chi connectivity index (χ4v) is 4.19. The normalized spacial score (nSPS) is 17.7. The van der Waals surface area contributed by atoms with Crippen molar-refractivity contribution in [2.75, 3.05) is 36.4 Å². The summed E-state index contributed by atoms with van der Waals surface area (Å²) in [5.41, 5.74) is 1.70. The zero-order chi connectivity index (χ0) is 20.4. The molecule has 0 atom stereocenters. The Morgan fingerprint density at radius 3 is 2.45 bits per heavy atom. The van der Waals surface area contributed by atoms with Crippen LogP contribution in [0.3, 0.4) is 0 Å². The van der Waals surface area contributed by atoms with Crippen molar-refractivity contribution in [1.82, 2.24) is 4.90 Å². The number of benzene rings is 2. The molecule has 2 heterocycles. The van der Waals surface area contributed by atoms with E-state index in [-0.39, 0.29) is 17.5 Å². The zero-order valence-corrected chi connectivity index (χ0v) is 16.2. The van der Waals surface area contributed by atoms with Gasteiger partial charge in [-0.15, -0.1) is 0 Å². The van der Waals surface area contributed by atoms with E-state index in [4.69, 9.17) is 0 Å². The molecular weight excluding hydrogens is 392 g/mol. The van der Waals surface area contributed by atoms with Crippen molar-refractivity contribution >= 4 is 40.6 Å². The number of nitro groups is 1. The lowest BCUT2D eigenvalue weighted by atomic mass is 10.2. The molecule has 0 unspecified atom stereocenters. The number of nitrogens with zero attached hydrogens (tertiary/aromatic N) is 3. The third-order valence-electron chi connectivity index (χ3n) is 4.85. The number of piperazine rings is 1. The van der Waals surface area contributed by atoms with Crippen LogP contribution < -0.4 is 10.2 Å². The number of hydrogen-bond acceptors (Lipinski definition) is 6. The van der Waals surface area contributed by atoms with E-state index in [1.54, 1.807) is 17.0 Å². The third kappa shape index (κ3) is 4.09. The van der Waals surface area contributed by atoms with Gasteiger partial charge >= 0.3 is 0 Å². The number of hydrogen-bond donors (Lipinski definition) is 1. The Hall–Kier alpha value is -3.33. The van der Waals surface area contributed by atoms with Crippen molar-refractivity contribution < 1.29 is 14.5 Å². The van der Waals surface area contributed by atoms with Crippen LogP contribution in [0.1, 0.15) is 0 Å². The van der Waals surface area contributed by atoms with Gasteiger partial charge in [-0.2, -0.15) is 0 Å². The smallest absolute Gasteiger partial charge is 0.269 e. The lowest BCUT2D eigenvalue weighted by molar-refractivity contribution is -0.384. The first-order chi connectivity index (χ1) is 14.0. The Labute approximate surface area is 171 Å². The van der Waals surface area contributed by atoms with Crippen LogP contribution in [0.15, 0.2) is 64.4 Å². The topological polar surface area (TPSA) is 95.8 Å². The Morgan fingerprint density at radius 1 is 1.07 bits per heavy atom. The van der Waals surface area contributed by atoms with Crippen LogP contribution in [0, 0.1) is 10.1 Å². The molecule has 0 aliphatic carbocycles. The molecule has 29 heavy (non-hydrogen) atoms. The molecule has 0 radical (unpaired) electrons. The van der Waals surface area contributed by atoms with Crippen molar-refractivity contribution in [2.45, 2.75) is 4.90 Å².